The van der Waals surface area contributed by atoms with Crippen LogP contribution in [0.25, 0.3) is 10.9 Å². The monoisotopic (exact) mass is 491 g/mol. The van der Waals surface area contributed by atoms with Gasteiger partial charge in [0.15, 0.2) is 11.5 Å². The van der Waals surface area contributed by atoms with Gasteiger partial charge in [-0.05, 0) is 66.3 Å². The van der Waals surface area contributed by atoms with Gasteiger partial charge < -0.3 is 9.47 Å². The van der Waals surface area contributed by atoms with Crippen molar-refractivity contribution in [1.29, 1.82) is 0 Å². The van der Waals surface area contributed by atoms with E-state index in [2.05, 4.69) is 32.7 Å². The molecule has 8 heteroatoms. The average Bonchev–Trinajstić information content (AvgIpc) is 2.64. The van der Waals surface area contributed by atoms with Crippen molar-refractivity contribution in [2.45, 2.75) is 20.8 Å². The summed E-state index contributed by atoms with van der Waals surface area (Å²) in [6, 6.07) is 10.6. The fraction of sp³-hybridized carbons (Fsp3) is 0.200. The van der Waals surface area contributed by atoms with Gasteiger partial charge in [0.05, 0.1) is 27.3 Å². The van der Waals surface area contributed by atoms with E-state index >= 15 is 0 Å². The molecular weight excluding hydrogens is 473 g/mol. The summed E-state index contributed by atoms with van der Waals surface area (Å²) in [5.41, 5.74) is 1.09. The van der Waals surface area contributed by atoms with Gasteiger partial charge in [-0.15, -0.1) is 0 Å². The van der Waals surface area contributed by atoms with Gasteiger partial charge in [-0.25, -0.2) is 4.98 Å². The average molecular weight is 491 g/mol. The van der Waals surface area contributed by atoms with Crippen LogP contribution >= 0.6 is 22.6 Å². The Kier molecular flexibility index (Phi) is 6.08. The van der Waals surface area contributed by atoms with Crippen LogP contribution in [0.4, 0.5) is 0 Å². The minimum Gasteiger partial charge on any atom is -0.490 e. The fourth-order valence-corrected chi connectivity index (χ4v) is 3.40. The molecule has 0 aliphatic carbocycles. The fourth-order valence-electron chi connectivity index (χ4n) is 2.66. The second-order valence-electron chi connectivity index (χ2n) is 5.89. The van der Waals surface area contributed by atoms with Crippen molar-refractivity contribution in [3.8, 4) is 11.5 Å². The first-order valence-electron chi connectivity index (χ1n) is 8.58. The summed E-state index contributed by atoms with van der Waals surface area (Å²) in [5.74, 6) is 0.862. The highest BCUT2D eigenvalue weighted by atomic mass is 127. The molecule has 1 heterocycles. The van der Waals surface area contributed by atoms with Crippen LogP contribution in [0.2, 0.25) is 0 Å². The minimum atomic E-state index is -0.426. The van der Waals surface area contributed by atoms with E-state index in [0.717, 1.165) is 0 Å². The molecule has 0 atom stereocenters. The highest BCUT2D eigenvalue weighted by molar-refractivity contribution is 14.1. The zero-order valence-electron chi connectivity index (χ0n) is 15.6. The summed E-state index contributed by atoms with van der Waals surface area (Å²) < 4.78 is 12.8. The predicted molar refractivity (Wildman–Crippen MR) is 115 cm³/mol. The molecule has 0 bridgehead atoms. The van der Waals surface area contributed by atoms with Crippen molar-refractivity contribution in [2.75, 3.05) is 6.61 Å². The lowest BCUT2D eigenvalue weighted by Crippen LogP contribution is -2.20. The summed E-state index contributed by atoms with van der Waals surface area (Å²) in [6.07, 6.45) is 1.55. The smallest absolute Gasteiger partial charge is 0.308 e. The molecule has 144 valence electrons. The normalized spacial score (nSPS) is 11.1. The van der Waals surface area contributed by atoms with E-state index in [1.54, 1.807) is 43.5 Å². The molecule has 0 spiro atoms. The third-order valence-corrected chi connectivity index (χ3v) is 4.62. The molecule has 0 fully saturated rings. The van der Waals surface area contributed by atoms with Crippen LogP contribution in [0.3, 0.4) is 0 Å². The van der Waals surface area contributed by atoms with Crippen molar-refractivity contribution >= 4 is 45.7 Å². The number of carbonyl (C=O) groups is 1. The summed E-state index contributed by atoms with van der Waals surface area (Å²) in [4.78, 5) is 28.5. The number of rotatable bonds is 5. The lowest BCUT2D eigenvalue weighted by atomic mass is 10.2. The van der Waals surface area contributed by atoms with Crippen molar-refractivity contribution < 1.29 is 14.3 Å². The van der Waals surface area contributed by atoms with E-state index in [4.69, 9.17) is 9.47 Å². The first kappa shape index (κ1) is 20.0. The topological polar surface area (TPSA) is 82.8 Å². The SMILES string of the molecule is CCOc1cc(C=Nn2c(C)nc3ccccc3c2=O)cc(I)c1OC(C)=O. The highest BCUT2D eigenvalue weighted by Gasteiger charge is 2.14. The van der Waals surface area contributed by atoms with Gasteiger partial charge in [0, 0.05) is 6.92 Å². The van der Waals surface area contributed by atoms with E-state index in [1.165, 1.54) is 11.6 Å². The van der Waals surface area contributed by atoms with E-state index in [-0.39, 0.29) is 5.56 Å². The van der Waals surface area contributed by atoms with Gasteiger partial charge >= 0.3 is 5.97 Å². The lowest BCUT2D eigenvalue weighted by molar-refractivity contribution is -0.132. The molecule has 2 aromatic carbocycles. The molecule has 0 amide bonds. The molecule has 7 nitrogen and oxygen atoms in total. The largest absolute Gasteiger partial charge is 0.490 e. The van der Waals surface area contributed by atoms with Crippen LogP contribution in [-0.4, -0.2) is 28.5 Å². The molecule has 1 aromatic heterocycles. The molecule has 0 N–H and O–H groups in total. The molecule has 0 radical (unpaired) electrons. The molecule has 0 saturated carbocycles. The first-order valence-corrected chi connectivity index (χ1v) is 9.66. The maximum atomic E-state index is 12.7. The Balaban J connectivity index is 2.04. The summed E-state index contributed by atoms with van der Waals surface area (Å²) in [5, 5.41) is 4.81. The second kappa shape index (κ2) is 8.51. The van der Waals surface area contributed by atoms with E-state index in [0.29, 0.717) is 44.0 Å². The van der Waals surface area contributed by atoms with Crippen molar-refractivity contribution in [1.82, 2.24) is 9.66 Å². The maximum Gasteiger partial charge on any atom is 0.308 e. The predicted octanol–water partition coefficient (Wildman–Crippen LogP) is 3.52. The number of nitrogens with zero attached hydrogens (tertiary/aromatic N) is 3. The second-order valence-corrected chi connectivity index (χ2v) is 7.06. The summed E-state index contributed by atoms with van der Waals surface area (Å²) in [6.45, 7) is 5.32. The summed E-state index contributed by atoms with van der Waals surface area (Å²) >= 11 is 2.06. The van der Waals surface area contributed by atoms with Crippen LogP contribution < -0.4 is 15.0 Å². The molecule has 0 aliphatic rings. The Hall–Kier alpha value is -2.75. The molecule has 0 aliphatic heterocycles. The standard InChI is InChI=1S/C20H18IN3O4/c1-4-27-18-10-14(9-16(21)19(18)28-13(3)25)11-22-24-12(2)23-17-8-6-5-7-15(17)20(24)26/h5-11H,4H2,1-3H3. The van der Waals surface area contributed by atoms with Crippen molar-refractivity contribution in [2.24, 2.45) is 5.10 Å². The highest BCUT2D eigenvalue weighted by Crippen LogP contribution is 2.34. The number of aromatic nitrogens is 2. The molecular formula is C20H18IN3O4. The number of hydrogen-bond donors (Lipinski definition) is 0. The van der Waals surface area contributed by atoms with Crippen LogP contribution in [0.15, 0.2) is 46.3 Å². The molecule has 3 aromatic rings. The molecule has 28 heavy (non-hydrogen) atoms. The molecule has 0 saturated heterocycles. The number of hydrogen-bond acceptors (Lipinski definition) is 6. The van der Waals surface area contributed by atoms with Gasteiger partial charge in [-0.3, -0.25) is 9.59 Å². The van der Waals surface area contributed by atoms with E-state index in [1.807, 2.05) is 13.0 Å². The van der Waals surface area contributed by atoms with Crippen LogP contribution in [0.5, 0.6) is 11.5 Å². The Morgan fingerprint density at radius 1 is 1.32 bits per heavy atom. The van der Waals surface area contributed by atoms with E-state index in [9.17, 15) is 9.59 Å². The Morgan fingerprint density at radius 2 is 2.07 bits per heavy atom. The van der Waals surface area contributed by atoms with Crippen LogP contribution in [0, 0.1) is 10.5 Å². The third-order valence-electron chi connectivity index (χ3n) is 3.82. The number of aryl methyl sites for hydroxylation is 1. The van der Waals surface area contributed by atoms with Crippen molar-refractivity contribution in [3.05, 3.63) is 61.7 Å². The first-order chi connectivity index (χ1) is 13.4. The number of halogens is 1. The number of carbonyl (C=O) groups excluding carboxylic acids is 1. The van der Waals surface area contributed by atoms with Crippen LogP contribution in [-0.2, 0) is 4.79 Å². The maximum absolute atomic E-state index is 12.7. The zero-order valence-corrected chi connectivity index (χ0v) is 17.8. The van der Waals surface area contributed by atoms with E-state index < -0.39 is 5.97 Å². The number of esters is 1. The van der Waals surface area contributed by atoms with Crippen LogP contribution in [0.1, 0.15) is 25.2 Å². The third kappa shape index (κ3) is 4.22. The minimum absolute atomic E-state index is 0.240. The van der Waals surface area contributed by atoms with Gasteiger partial charge in [-0.1, -0.05) is 12.1 Å². The van der Waals surface area contributed by atoms with Crippen molar-refractivity contribution in [3.63, 3.8) is 0 Å². The van der Waals surface area contributed by atoms with Gasteiger partial charge in [0.1, 0.15) is 5.82 Å². The van der Waals surface area contributed by atoms with Gasteiger partial charge in [0.2, 0.25) is 0 Å². The van der Waals surface area contributed by atoms with Gasteiger partial charge in [0.25, 0.3) is 5.56 Å². The Bertz CT molecular complexity index is 1140. The Morgan fingerprint density at radius 3 is 2.79 bits per heavy atom. The number of benzene rings is 2. The molecule has 3 rings (SSSR count). The quantitative estimate of drug-likeness (QED) is 0.236. The Labute approximate surface area is 175 Å². The zero-order chi connectivity index (χ0) is 20.3. The molecule has 0 unspecified atom stereocenters. The number of fused-ring (bicyclic) bond motifs is 1. The van der Waals surface area contributed by atoms with Gasteiger partial charge in [-0.2, -0.15) is 9.78 Å². The summed E-state index contributed by atoms with van der Waals surface area (Å²) in [7, 11) is 0. The number of para-hydroxylation sites is 1. The lowest BCUT2D eigenvalue weighted by Gasteiger charge is -2.12. The number of ether oxygens (including phenoxy) is 2.